The molecular formula is C21H22NO+. The zero-order chi connectivity index (χ0) is 15.8. The molecule has 0 atom stereocenters. The van der Waals surface area contributed by atoms with Crippen LogP contribution in [0.1, 0.15) is 24.0 Å². The van der Waals surface area contributed by atoms with E-state index in [2.05, 4.69) is 67.0 Å². The maximum atomic E-state index is 6.22. The van der Waals surface area contributed by atoms with Crippen LogP contribution in [0.15, 0.2) is 52.9 Å². The maximum absolute atomic E-state index is 6.22. The summed E-state index contributed by atoms with van der Waals surface area (Å²) < 4.78 is 8.71. The molecule has 1 aliphatic rings. The molecule has 0 unspecified atom stereocenters. The molecule has 1 saturated heterocycles. The van der Waals surface area contributed by atoms with Gasteiger partial charge >= 0.3 is 0 Å². The molecule has 3 aromatic rings. The predicted octanol–water partition coefficient (Wildman–Crippen LogP) is 4.28. The lowest BCUT2D eigenvalue weighted by Crippen LogP contribution is -2.27. The van der Waals surface area contributed by atoms with Crippen molar-refractivity contribution in [2.24, 2.45) is 0 Å². The van der Waals surface area contributed by atoms with E-state index in [0.29, 0.717) is 0 Å². The monoisotopic (exact) mass is 304 g/mol. The summed E-state index contributed by atoms with van der Waals surface area (Å²) in [5.74, 6) is 0.947. The number of hydrogen-bond donors (Lipinski definition) is 0. The van der Waals surface area contributed by atoms with E-state index in [1.54, 1.807) is 0 Å². The second kappa shape index (κ2) is 5.69. The first-order chi connectivity index (χ1) is 11.2. The lowest BCUT2D eigenvalue weighted by Gasteiger charge is -2.06. The molecule has 1 aromatic heterocycles. The van der Waals surface area contributed by atoms with Crippen LogP contribution in [0, 0.1) is 13.8 Å². The Bertz CT molecular complexity index is 924. The van der Waals surface area contributed by atoms with Crippen molar-refractivity contribution in [2.45, 2.75) is 26.7 Å². The predicted molar refractivity (Wildman–Crippen MR) is 95.4 cm³/mol. The molecule has 2 heteroatoms. The minimum absolute atomic E-state index is 0.947. The molecule has 0 aliphatic carbocycles. The van der Waals surface area contributed by atoms with Crippen LogP contribution in [-0.4, -0.2) is 13.1 Å². The fourth-order valence-electron chi connectivity index (χ4n) is 3.36. The zero-order valence-corrected chi connectivity index (χ0v) is 13.8. The molecule has 1 fully saturated rings. The fourth-order valence-corrected chi connectivity index (χ4v) is 3.36. The molecule has 4 rings (SSSR count). The van der Waals surface area contributed by atoms with Crippen LogP contribution in [-0.2, 0) is 0 Å². The van der Waals surface area contributed by atoms with Crippen LogP contribution in [0.3, 0.4) is 0 Å². The lowest BCUT2D eigenvalue weighted by molar-refractivity contribution is 0.611. The van der Waals surface area contributed by atoms with Gasteiger partial charge < -0.3 is 4.42 Å². The smallest absolute Gasteiger partial charge is 0.214 e. The third-order valence-corrected chi connectivity index (χ3v) is 4.68. The Morgan fingerprint density at radius 2 is 1.52 bits per heavy atom. The summed E-state index contributed by atoms with van der Waals surface area (Å²) >= 11 is 0. The molecule has 23 heavy (non-hydrogen) atoms. The van der Waals surface area contributed by atoms with Crippen LogP contribution in [0.25, 0.3) is 22.3 Å². The second-order valence-electron chi connectivity index (χ2n) is 6.56. The largest absolute Gasteiger partial charge is 0.456 e. The lowest BCUT2D eigenvalue weighted by atomic mass is 10.1. The van der Waals surface area contributed by atoms with Gasteiger partial charge in [-0.3, -0.25) is 0 Å². The topological polar surface area (TPSA) is 16.1 Å². The van der Waals surface area contributed by atoms with Gasteiger partial charge in [-0.25, -0.2) is 4.58 Å². The van der Waals surface area contributed by atoms with Gasteiger partial charge in [-0.15, -0.1) is 0 Å². The highest BCUT2D eigenvalue weighted by atomic mass is 16.3. The highest BCUT2D eigenvalue weighted by molar-refractivity contribution is 5.79. The Kier molecular flexibility index (Phi) is 3.53. The van der Waals surface area contributed by atoms with E-state index in [1.807, 2.05) is 0 Å². The average molecular weight is 304 g/mol. The molecule has 0 radical (unpaired) electrons. The van der Waals surface area contributed by atoms with Crippen LogP contribution in [0.5, 0.6) is 0 Å². The number of rotatable bonds is 1. The normalized spacial score (nSPS) is 14.6. The first kappa shape index (κ1) is 14.3. The Hall–Kier alpha value is -2.35. The van der Waals surface area contributed by atoms with E-state index < -0.39 is 0 Å². The number of hydrogen-bond acceptors (Lipinski definition) is 1. The van der Waals surface area contributed by atoms with Crippen molar-refractivity contribution in [2.75, 3.05) is 13.1 Å². The Labute approximate surface area is 136 Å². The molecule has 2 nitrogen and oxygen atoms in total. The highest BCUT2D eigenvalue weighted by Crippen LogP contribution is 2.23. The van der Waals surface area contributed by atoms with Crippen molar-refractivity contribution < 1.29 is 4.42 Å². The van der Waals surface area contributed by atoms with Crippen molar-refractivity contribution >= 4 is 11.0 Å². The molecule has 0 amide bonds. The standard InChI is InChI=1S/C21H22NO/c1-15-5-8-17(9-6-15)21-14-19(22-11-3-4-12-22)18-13-16(2)7-10-20(18)23-21/h5-10,13-14H,3-4,11-12H2,1-2H3/q+1. The van der Waals surface area contributed by atoms with Gasteiger partial charge in [-0.2, -0.15) is 0 Å². The average Bonchev–Trinajstić information content (AvgIpc) is 3.09. The molecule has 116 valence electrons. The first-order valence-electron chi connectivity index (χ1n) is 8.40. The molecule has 0 saturated carbocycles. The van der Waals surface area contributed by atoms with Crippen LogP contribution in [0.4, 0.5) is 0 Å². The third kappa shape index (κ3) is 2.70. The number of fused-ring (bicyclic) bond motifs is 1. The van der Waals surface area contributed by atoms with Crippen molar-refractivity contribution in [3.05, 3.63) is 65.0 Å². The van der Waals surface area contributed by atoms with Gasteiger partial charge in [0.25, 0.3) is 0 Å². The maximum Gasteiger partial charge on any atom is 0.214 e. The van der Waals surface area contributed by atoms with Crippen molar-refractivity contribution in [3.8, 4) is 11.3 Å². The van der Waals surface area contributed by atoms with E-state index in [4.69, 9.17) is 4.42 Å². The molecule has 2 heterocycles. The van der Waals surface area contributed by atoms with Crippen LogP contribution < -0.4 is 9.93 Å². The van der Waals surface area contributed by atoms with Gasteiger partial charge in [0.15, 0.2) is 0 Å². The van der Waals surface area contributed by atoms with Crippen molar-refractivity contribution in [3.63, 3.8) is 0 Å². The van der Waals surface area contributed by atoms with E-state index in [9.17, 15) is 0 Å². The van der Waals surface area contributed by atoms with E-state index in [1.165, 1.54) is 34.7 Å². The van der Waals surface area contributed by atoms with E-state index >= 15 is 0 Å². The summed E-state index contributed by atoms with van der Waals surface area (Å²) in [6.45, 7) is 6.53. The Morgan fingerprint density at radius 1 is 0.826 bits per heavy atom. The quantitative estimate of drug-likeness (QED) is 0.613. The summed E-state index contributed by atoms with van der Waals surface area (Å²) in [5, 5.41) is 2.53. The fraction of sp³-hybridized carbons (Fsp3) is 0.286. The van der Waals surface area contributed by atoms with E-state index in [0.717, 1.165) is 30.0 Å². The third-order valence-electron chi connectivity index (χ3n) is 4.68. The number of benzene rings is 2. The zero-order valence-electron chi connectivity index (χ0n) is 13.8. The minimum Gasteiger partial charge on any atom is -0.456 e. The van der Waals surface area contributed by atoms with Gasteiger partial charge in [-0.1, -0.05) is 41.5 Å². The molecule has 2 aromatic carbocycles. The first-order valence-corrected chi connectivity index (χ1v) is 8.40. The number of nitrogens with zero attached hydrogens (tertiary/aromatic N) is 1. The minimum atomic E-state index is 0.947. The van der Waals surface area contributed by atoms with Gasteiger partial charge in [0.05, 0.1) is 11.5 Å². The van der Waals surface area contributed by atoms with Crippen molar-refractivity contribution in [1.82, 2.24) is 4.58 Å². The molecule has 0 N–H and O–H groups in total. The summed E-state index contributed by atoms with van der Waals surface area (Å²) in [7, 11) is 0. The van der Waals surface area contributed by atoms with Gasteiger partial charge in [0, 0.05) is 18.4 Å². The second-order valence-corrected chi connectivity index (χ2v) is 6.56. The molecule has 0 spiro atoms. The Balaban J connectivity index is 2.03. The van der Waals surface area contributed by atoms with Crippen LogP contribution >= 0.6 is 0 Å². The molecule has 1 aliphatic heterocycles. The highest BCUT2D eigenvalue weighted by Gasteiger charge is 2.17. The SMILES string of the molecule is Cc1ccc(-c2cc(=[N+]3CCCC3)c3cc(C)ccc3o2)cc1. The summed E-state index contributed by atoms with van der Waals surface area (Å²) in [5.41, 5.74) is 4.65. The molecular weight excluding hydrogens is 282 g/mol. The number of aryl methyl sites for hydroxylation is 2. The Morgan fingerprint density at radius 3 is 2.26 bits per heavy atom. The van der Waals surface area contributed by atoms with Crippen molar-refractivity contribution in [1.29, 1.82) is 0 Å². The van der Waals surface area contributed by atoms with Crippen LogP contribution in [0.2, 0.25) is 0 Å². The summed E-state index contributed by atoms with van der Waals surface area (Å²) in [6.07, 6.45) is 2.55. The molecule has 0 bridgehead atoms. The summed E-state index contributed by atoms with van der Waals surface area (Å²) in [6, 6.07) is 17.2. The van der Waals surface area contributed by atoms with Gasteiger partial charge in [0.1, 0.15) is 24.4 Å². The van der Waals surface area contributed by atoms with E-state index in [-0.39, 0.29) is 0 Å². The van der Waals surface area contributed by atoms with Gasteiger partial charge in [-0.05, 0) is 26.0 Å². The van der Waals surface area contributed by atoms with Gasteiger partial charge in [0.2, 0.25) is 5.36 Å². The summed E-state index contributed by atoms with van der Waals surface area (Å²) in [4.78, 5) is 0.